The van der Waals surface area contributed by atoms with Crippen molar-refractivity contribution in [2.45, 2.75) is 18.2 Å². The largest absolute Gasteiger partial charge is 0.280 e. The second-order valence-electron chi connectivity index (χ2n) is 2.42. The van der Waals surface area contributed by atoms with E-state index in [1.54, 1.807) is 0 Å². The molecule has 0 aromatic carbocycles. The van der Waals surface area contributed by atoms with E-state index >= 15 is 0 Å². The number of carbonyl (C=O) groups is 1. The molecule has 0 aliphatic rings. The van der Waals surface area contributed by atoms with Crippen molar-refractivity contribution in [3.63, 3.8) is 0 Å². The summed E-state index contributed by atoms with van der Waals surface area (Å²) in [5, 5.41) is 0.194. The molecular formula is C6H9Br2ClO. The quantitative estimate of drug-likeness (QED) is 0.577. The summed E-state index contributed by atoms with van der Waals surface area (Å²) in [6.07, 6.45) is 0. The lowest BCUT2D eigenvalue weighted by atomic mass is 10.00. The van der Waals surface area contributed by atoms with Crippen LogP contribution < -0.4 is 0 Å². The average Bonchev–Trinajstić information content (AvgIpc) is 1.85. The van der Waals surface area contributed by atoms with Crippen LogP contribution in [0.4, 0.5) is 0 Å². The van der Waals surface area contributed by atoms with Crippen molar-refractivity contribution in [2.24, 2.45) is 5.92 Å². The summed E-state index contributed by atoms with van der Waals surface area (Å²) in [6, 6.07) is 0. The topological polar surface area (TPSA) is 17.1 Å². The lowest BCUT2D eigenvalue weighted by Crippen LogP contribution is -2.36. The standard InChI is InChI=1S/C6H9Br2ClO/c1-4(2)6(8,3-7)5(9)10/h4H,3H2,1-2H3. The van der Waals surface area contributed by atoms with E-state index in [1.165, 1.54) is 0 Å². The van der Waals surface area contributed by atoms with Gasteiger partial charge in [0.15, 0.2) is 0 Å². The Morgan fingerprint density at radius 1 is 1.70 bits per heavy atom. The Balaban J connectivity index is 4.38. The zero-order valence-corrected chi connectivity index (χ0v) is 9.75. The maximum absolute atomic E-state index is 10.8. The van der Waals surface area contributed by atoms with E-state index in [0.29, 0.717) is 5.33 Å². The zero-order valence-electron chi connectivity index (χ0n) is 5.83. The van der Waals surface area contributed by atoms with E-state index in [2.05, 4.69) is 31.9 Å². The third-order valence-corrected chi connectivity index (χ3v) is 5.19. The Hall–Kier alpha value is 0.920. The molecule has 10 heavy (non-hydrogen) atoms. The van der Waals surface area contributed by atoms with Crippen LogP contribution in [0.15, 0.2) is 0 Å². The molecule has 1 atom stereocenters. The highest BCUT2D eigenvalue weighted by Gasteiger charge is 2.36. The number of hydrogen-bond donors (Lipinski definition) is 0. The molecule has 0 N–H and O–H groups in total. The predicted octanol–water partition coefficient (Wildman–Crippen LogP) is 2.94. The van der Waals surface area contributed by atoms with E-state index in [4.69, 9.17) is 11.6 Å². The minimum atomic E-state index is -0.603. The van der Waals surface area contributed by atoms with Gasteiger partial charge in [-0.1, -0.05) is 45.7 Å². The van der Waals surface area contributed by atoms with Crippen LogP contribution in [0.25, 0.3) is 0 Å². The van der Waals surface area contributed by atoms with Crippen molar-refractivity contribution in [1.29, 1.82) is 0 Å². The van der Waals surface area contributed by atoms with Crippen LogP contribution in [-0.2, 0) is 4.79 Å². The Labute approximate surface area is 82.8 Å². The smallest absolute Gasteiger partial charge is 0.239 e. The Morgan fingerprint density at radius 2 is 2.10 bits per heavy atom. The predicted molar refractivity (Wildman–Crippen MR) is 51.2 cm³/mol. The highest BCUT2D eigenvalue weighted by Crippen LogP contribution is 2.32. The first kappa shape index (κ1) is 10.9. The first-order chi connectivity index (χ1) is 4.45. The molecule has 0 amide bonds. The van der Waals surface area contributed by atoms with Crippen LogP contribution in [0.2, 0.25) is 0 Å². The van der Waals surface area contributed by atoms with Gasteiger partial charge in [-0.3, -0.25) is 4.79 Å². The van der Waals surface area contributed by atoms with Crippen molar-refractivity contribution in [2.75, 3.05) is 5.33 Å². The molecule has 0 aliphatic heterocycles. The highest BCUT2D eigenvalue weighted by molar-refractivity contribution is 9.12. The Kier molecular flexibility index (Phi) is 4.45. The van der Waals surface area contributed by atoms with Gasteiger partial charge < -0.3 is 0 Å². The van der Waals surface area contributed by atoms with Crippen LogP contribution >= 0.6 is 43.5 Å². The molecule has 0 radical (unpaired) electrons. The molecule has 0 aliphatic carbocycles. The van der Waals surface area contributed by atoms with Gasteiger partial charge in [0.1, 0.15) is 4.32 Å². The molecule has 0 saturated carbocycles. The lowest BCUT2D eigenvalue weighted by Gasteiger charge is -2.24. The van der Waals surface area contributed by atoms with Gasteiger partial charge in [-0.15, -0.1) is 0 Å². The van der Waals surface area contributed by atoms with Gasteiger partial charge in [-0.2, -0.15) is 0 Å². The summed E-state index contributed by atoms with van der Waals surface area (Å²) in [5.41, 5.74) is 0. The maximum Gasteiger partial charge on any atom is 0.239 e. The number of carbonyl (C=O) groups excluding carboxylic acids is 1. The number of alkyl halides is 2. The van der Waals surface area contributed by atoms with Crippen molar-refractivity contribution in [3.8, 4) is 0 Å². The first-order valence-electron chi connectivity index (χ1n) is 2.90. The molecule has 0 spiro atoms. The molecule has 0 bridgehead atoms. The molecule has 0 aromatic rings. The van der Waals surface area contributed by atoms with Gasteiger partial charge in [0.05, 0.1) is 0 Å². The summed E-state index contributed by atoms with van der Waals surface area (Å²) in [7, 11) is 0. The molecule has 60 valence electrons. The van der Waals surface area contributed by atoms with Crippen LogP contribution in [0.1, 0.15) is 13.8 Å². The summed E-state index contributed by atoms with van der Waals surface area (Å²) in [5.74, 6) is 0.192. The van der Waals surface area contributed by atoms with E-state index in [1.807, 2.05) is 13.8 Å². The Bertz CT molecular complexity index is 138. The molecule has 0 saturated heterocycles. The molecular weight excluding hydrogens is 283 g/mol. The van der Waals surface area contributed by atoms with Crippen LogP contribution in [0.3, 0.4) is 0 Å². The van der Waals surface area contributed by atoms with Gasteiger partial charge in [0.2, 0.25) is 5.24 Å². The molecule has 0 heterocycles. The molecule has 4 heteroatoms. The summed E-state index contributed by atoms with van der Waals surface area (Å²) >= 11 is 11.9. The molecule has 0 aromatic heterocycles. The second-order valence-corrected chi connectivity index (χ2v) is 4.74. The minimum absolute atomic E-state index is 0.192. The van der Waals surface area contributed by atoms with Gasteiger partial charge in [0, 0.05) is 5.33 Å². The van der Waals surface area contributed by atoms with Gasteiger partial charge in [0.25, 0.3) is 0 Å². The maximum atomic E-state index is 10.8. The second kappa shape index (κ2) is 4.07. The molecule has 1 unspecified atom stereocenters. The van der Waals surface area contributed by atoms with Crippen molar-refractivity contribution in [3.05, 3.63) is 0 Å². The van der Waals surface area contributed by atoms with Gasteiger partial charge in [-0.05, 0) is 17.5 Å². The van der Waals surface area contributed by atoms with E-state index in [9.17, 15) is 4.79 Å². The van der Waals surface area contributed by atoms with Gasteiger partial charge in [-0.25, -0.2) is 0 Å². The molecule has 0 rings (SSSR count). The van der Waals surface area contributed by atoms with Crippen LogP contribution in [-0.4, -0.2) is 14.9 Å². The third-order valence-electron chi connectivity index (χ3n) is 1.44. The van der Waals surface area contributed by atoms with Crippen LogP contribution in [0.5, 0.6) is 0 Å². The monoisotopic (exact) mass is 290 g/mol. The zero-order chi connectivity index (χ0) is 8.36. The fraction of sp³-hybridized carbons (Fsp3) is 0.833. The highest BCUT2D eigenvalue weighted by atomic mass is 79.9. The third kappa shape index (κ3) is 2.21. The number of hydrogen-bond acceptors (Lipinski definition) is 1. The fourth-order valence-electron chi connectivity index (χ4n) is 0.434. The van der Waals surface area contributed by atoms with Crippen molar-refractivity contribution in [1.82, 2.24) is 0 Å². The van der Waals surface area contributed by atoms with Crippen LogP contribution in [0, 0.1) is 5.92 Å². The lowest BCUT2D eigenvalue weighted by molar-refractivity contribution is -0.113. The van der Waals surface area contributed by atoms with E-state index < -0.39 is 4.32 Å². The van der Waals surface area contributed by atoms with E-state index in [-0.39, 0.29) is 11.2 Å². The summed E-state index contributed by atoms with van der Waals surface area (Å²) in [6.45, 7) is 3.88. The van der Waals surface area contributed by atoms with Crippen molar-refractivity contribution >= 4 is 48.7 Å². The Morgan fingerprint density at radius 3 is 2.10 bits per heavy atom. The molecule has 0 fully saturated rings. The average molecular weight is 292 g/mol. The molecule has 1 nitrogen and oxygen atoms in total. The summed E-state index contributed by atoms with van der Waals surface area (Å²) < 4.78 is -0.603. The number of halogens is 3. The normalized spacial score (nSPS) is 17.0. The summed E-state index contributed by atoms with van der Waals surface area (Å²) in [4.78, 5) is 10.8. The first-order valence-corrected chi connectivity index (χ1v) is 5.19. The SMILES string of the molecule is CC(C)C(Br)(CBr)C(=O)Cl. The minimum Gasteiger partial charge on any atom is -0.280 e. The fourth-order valence-corrected chi connectivity index (χ4v) is 1.78. The van der Waals surface area contributed by atoms with Gasteiger partial charge >= 0.3 is 0 Å². The number of rotatable bonds is 3. The van der Waals surface area contributed by atoms with Crippen molar-refractivity contribution < 1.29 is 4.79 Å². The van der Waals surface area contributed by atoms with E-state index in [0.717, 1.165) is 0 Å².